The van der Waals surface area contributed by atoms with Crippen LogP contribution in [0.1, 0.15) is 35.4 Å². The highest BCUT2D eigenvalue weighted by atomic mass is 79.9. The molecule has 106 valence electrons. The highest BCUT2D eigenvalue weighted by Gasteiger charge is 2.21. The van der Waals surface area contributed by atoms with Gasteiger partial charge in [-0.25, -0.2) is 9.67 Å². The molecular weight excluding hydrogens is 316 g/mol. The zero-order chi connectivity index (χ0) is 14.3. The van der Waals surface area contributed by atoms with E-state index in [9.17, 15) is 0 Å². The van der Waals surface area contributed by atoms with Crippen LogP contribution in [0.4, 0.5) is 0 Å². The molecule has 1 saturated carbocycles. The lowest BCUT2D eigenvalue weighted by Crippen LogP contribution is -2.18. The quantitative estimate of drug-likeness (QED) is 0.933. The number of nitrogens with one attached hydrogen (secondary N) is 1. The van der Waals surface area contributed by atoms with Crippen LogP contribution in [0.15, 0.2) is 16.7 Å². The van der Waals surface area contributed by atoms with Crippen LogP contribution in [0.25, 0.3) is 5.82 Å². The van der Waals surface area contributed by atoms with Crippen molar-refractivity contribution in [1.82, 2.24) is 20.1 Å². The van der Waals surface area contributed by atoms with Crippen molar-refractivity contribution in [1.29, 1.82) is 0 Å². The Hall–Kier alpha value is -1.20. The first-order valence-corrected chi connectivity index (χ1v) is 7.76. The molecule has 4 nitrogen and oxygen atoms in total. The van der Waals surface area contributed by atoms with Crippen molar-refractivity contribution in [3.05, 3.63) is 39.3 Å². The Morgan fingerprint density at radius 3 is 2.70 bits per heavy atom. The fraction of sp³-hybridized carbons (Fsp3) is 0.467. The fourth-order valence-corrected chi connectivity index (χ4v) is 2.64. The van der Waals surface area contributed by atoms with Crippen molar-refractivity contribution in [2.75, 3.05) is 0 Å². The van der Waals surface area contributed by atoms with Crippen molar-refractivity contribution in [2.45, 2.75) is 46.2 Å². The molecule has 0 saturated heterocycles. The largest absolute Gasteiger partial charge is 0.310 e. The van der Waals surface area contributed by atoms with E-state index in [1.807, 2.05) is 17.8 Å². The molecule has 0 unspecified atom stereocenters. The van der Waals surface area contributed by atoms with E-state index < -0.39 is 0 Å². The molecule has 0 bridgehead atoms. The van der Waals surface area contributed by atoms with Crippen LogP contribution >= 0.6 is 15.9 Å². The van der Waals surface area contributed by atoms with Crippen molar-refractivity contribution in [3.8, 4) is 5.82 Å². The summed E-state index contributed by atoms with van der Waals surface area (Å²) in [6.45, 7) is 7.08. The molecule has 1 fully saturated rings. The second-order valence-corrected chi connectivity index (χ2v) is 6.41. The third kappa shape index (κ3) is 2.65. The van der Waals surface area contributed by atoms with Crippen LogP contribution in [0.2, 0.25) is 0 Å². The average molecular weight is 335 g/mol. The minimum Gasteiger partial charge on any atom is -0.310 e. The monoisotopic (exact) mass is 334 g/mol. The van der Waals surface area contributed by atoms with E-state index in [-0.39, 0.29) is 0 Å². The van der Waals surface area contributed by atoms with E-state index in [1.54, 1.807) is 0 Å². The normalized spacial score (nSPS) is 14.8. The lowest BCUT2D eigenvalue weighted by molar-refractivity contribution is 0.673. The molecule has 1 N–H and O–H groups in total. The summed E-state index contributed by atoms with van der Waals surface area (Å²) in [6.07, 6.45) is 4.41. The molecule has 2 aromatic heterocycles. The van der Waals surface area contributed by atoms with E-state index in [0.29, 0.717) is 6.04 Å². The summed E-state index contributed by atoms with van der Waals surface area (Å²) in [5.41, 5.74) is 4.63. The highest BCUT2D eigenvalue weighted by molar-refractivity contribution is 9.10. The van der Waals surface area contributed by atoms with Crippen LogP contribution < -0.4 is 5.32 Å². The standard InChI is InChI=1S/C15H19BrN4/c1-9-10(2)19-20(11(9)3)15-12(6-13(16)8-18-15)7-17-14-4-5-14/h6,8,14,17H,4-5,7H2,1-3H3. The van der Waals surface area contributed by atoms with Crippen LogP contribution in [0.3, 0.4) is 0 Å². The fourth-order valence-electron chi connectivity index (χ4n) is 2.26. The maximum Gasteiger partial charge on any atom is 0.158 e. The summed E-state index contributed by atoms with van der Waals surface area (Å²) in [4.78, 5) is 4.58. The molecule has 1 aliphatic carbocycles. The van der Waals surface area contributed by atoms with Crippen molar-refractivity contribution >= 4 is 15.9 Å². The SMILES string of the molecule is Cc1nn(-c2ncc(Br)cc2CNC2CC2)c(C)c1C. The van der Waals surface area contributed by atoms with Gasteiger partial charge in [0, 0.05) is 34.5 Å². The van der Waals surface area contributed by atoms with Crippen molar-refractivity contribution in [3.63, 3.8) is 0 Å². The van der Waals surface area contributed by atoms with Crippen LogP contribution in [0, 0.1) is 20.8 Å². The molecule has 20 heavy (non-hydrogen) atoms. The van der Waals surface area contributed by atoms with Gasteiger partial charge in [0.25, 0.3) is 0 Å². The molecule has 3 rings (SSSR count). The third-order valence-corrected chi connectivity index (χ3v) is 4.36. The van der Waals surface area contributed by atoms with Gasteiger partial charge in [-0.2, -0.15) is 5.10 Å². The molecule has 0 radical (unpaired) electrons. The number of nitrogens with zero attached hydrogens (tertiary/aromatic N) is 3. The van der Waals surface area contributed by atoms with Gasteiger partial charge < -0.3 is 5.32 Å². The zero-order valence-corrected chi connectivity index (χ0v) is 13.7. The van der Waals surface area contributed by atoms with Gasteiger partial charge in [0.15, 0.2) is 5.82 Å². The van der Waals surface area contributed by atoms with Crippen molar-refractivity contribution < 1.29 is 0 Å². The summed E-state index contributed by atoms with van der Waals surface area (Å²) in [6, 6.07) is 2.81. The average Bonchev–Trinajstić information content (AvgIpc) is 3.21. The minimum atomic E-state index is 0.684. The summed E-state index contributed by atoms with van der Waals surface area (Å²) in [7, 11) is 0. The number of hydrogen-bond donors (Lipinski definition) is 1. The van der Waals surface area contributed by atoms with Gasteiger partial charge in [-0.1, -0.05) is 0 Å². The maximum absolute atomic E-state index is 4.62. The number of pyridine rings is 1. The number of aromatic nitrogens is 3. The highest BCUT2D eigenvalue weighted by Crippen LogP contribution is 2.23. The molecule has 0 atom stereocenters. The summed E-state index contributed by atoms with van der Waals surface area (Å²) >= 11 is 3.51. The molecule has 0 amide bonds. The summed E-state index contributed by atoms with van der Waals surface area (Å²) < 4.78 is 2.97. The number of aryl methyl sites for hydroxylation is 1. The van der Waals surface area contributed by atoms with Gasteiger partial charge >= 0.3 is 0 Å². The van der Waals surface area contributed by atoms with Gasteiger partial charge in [-0.3, -0.25) is 0 Å². The maximum atomic E-state index is 4.62. The number of halogens is 1. The van der Waals surface area contributed by atoms with Gasteiger partial charge in [0.2, 0.25) is 0 Å². The van der Waals surface area contributed by atoms with Gasteiger partial charge in [-0.05, 0) is 61.2 Å². The Balaban J connectivity index is 2.00. The van der Waals surface area contributed by atoms with E-state index in [4.69, 9.17) is 0 Å². The first-order valence-electron chi connectivity index (χ1n) is 6.97. The van der Waals surface area contributed by atoms with E-state index in [1.165, 1.54) is 24.0 Å². The predicted molar refractivity (Wildman–Crippen MR) is 83.1 cm³/mol. The molecule has 5 heteroatoms. The minimum absolute atomic E-state index is 0.684. The first kappa shape index (κ1) is 13.8. The molecule has 2 aromatic rings. The van der Waals surface area contributed by atoms with Crippen LogP contribution in [-0.4, -0.2) is 20.8 Å². The smallest absolute Gasteiger partial charge is 0.158 e. The van der Waals surface area contributed by atoms with E-state index in [0.717, 1.165) is 28.2 Å². The molecule has 0 aliphatic heterocycles. The zero-order valence-electron chi connectivity index (χ0n) is 12.1. The van der Waals surface area contributed by atoms with Crippen LogP contribution in [-0.2, 0) is 6.54 Å². The Bertz CT molecular complexity index is 644. The topological polar surface area (TPSA) is 42.7 Å². The first-order chi connectivity index (χ1) is 9.56. The second-order valence-electron chi connectivity index (χ2n) is 5.50. The predicted octanol–water partition coefficient (Wildman–Crippen LogP) is 3.21. The van der Waals surface area contributed by atoms with Crippen LogP contribution in [0.5, 0.6) is 0 Å². The molecule has 0 aromatic carbocycles. The number of hydrogen-bond acceptors (Lipinski definition) is 3. The summed E-state index contributed by atoms with van der Waals surface area (Å²) in [5.74, 6) is 0.926. The third-order valence-electron chi connectivity index (χ3n) is 3.92. The lowest BCUT2D eigenvalue weighted by Gasteiger charge is -2.11. The Labute approximate surface area is 127 Å². The Morgan fingerprint density at radius 2 is 2.10 bits per heavy atom. The van der Waals surface area contributed by atoms with Gasteiger partial charge in [0.1, 0.15) is 0 Å². The molecule has 0 spiro atoms. The van der Waals surface area contributed by atoms with Gasteiger partial charge in [-0.15, -0.1) is 0 Å². The Kier molecular flexibility index (Phi) is 3.65. The lowest BCUT2D eigenvalue weighted by atomic mass is 10.2. The molecule has 1 aliphatic rings. The Morgan fingerprint density at radius 1 is 1.35 bits per heavy atom. The van der Waals surface area contributed by atoms with E-state index in [2.05, 4.69) is 51.2 Å². The molecule has 2 heterocycles. The molecular formula is C15H19BrN4. The van der Waals surface area contributed by atoms with E-state index >= 15 is 0 Å². The van der Waals surface area contributed by atoms with Gasteiger partial charge in [0.05, 0.1) is 5.69 Å². The second kappa shape index (κ2) is 5.30. The summed E-state index contributed by atoms with van der Waals surface area (Å²) in [5, 5.41) is 8.17. The number of rotatable bonds is 4. The van der Waals surface area contributed by atoms with Crippen molar-refractivity contribution in [2.24, 2.45) is 0 Å².